The third-order valence-corrected chi connectivity index (χ3v) is 4.95. The first-order valence-electron chi connectivity index (χ1n) is 5.73. The molecule has 0 saturated heterocycles. The Bertz CT molecular complexity index is 777. The molecular formula is C13H10Br2N4O. The van der Waals surface area contributed by atoms with Gasteiger partial charge in [-0.1, -0.05) is 0 Å². The number of benzene rings is 1. The van der Waals surface area contributed by atoms with Crippen molar-refractivity contribution in [3.05, 3.63) is 32.3 Å². The van der Waals surface area contributed by atoms with Crippen molar-refractivity contribution < 1.29 is 5.11 Å². The summed E-state index contributed by atoms with van der Waals surface area (Å²) in [5, 5.41) is 9.94. The topological polar surface area (TPSA) is 76.4 Å². The molecular weight excluding hydrogens is 388 g/mol. The fourth-order valence-electron chi connectivity index (χ4n) is 1.97. The van der Waals surface area contributed by atoms with Crippen molar-refractivity contribution in [3.8, 4) is 5.88 Å². The van der Waals surface area contributed by atoms with Crippen LogP contribution in [0.1, 0.15) is 11.3 Å². The fourth-order valence-corrected chi connectivity index (χ4v) is 2.65. The second-order valence-corrected chi connectivity index (χ2v) is 6.09. The average molecular weight is 398 g/mol. The Kier molecular flexibility index (Phi) is 3.18. The van der Waals surface area contributed by atoms with E-state index in [9.17, 15) is 5.11 Å². The average Bonchev–Trinajstić information content (AvgIpc) is 2.89. The van der Waals surface area contributed by atoms with Gasteiger partial charge in [0.2, 0.25) is 11.8 Å². The third kappa shape index (κ3) is 2.06. The van der Waals surface area contributed by atoms with E-state index in [-0.39, 0.29) is 11.8 Å². The molecule has 0 atom stereocenters. The molecule has 2 heterocycles. The molecule has 7 heteroatoms. The Morgan fingerprint density at radius 3 is 2.65 bits per heavy atom. The van der Waals surface area contributed by atoms with Gasteiger partial charge in [-0.15, -0.1) is 0 Å². The minimum atomic E-state index is 0.0352. The smallest absolute Gasteiger partial charge is 0.220 e. The number of aromatic hydroxyl groups is 1. The van der Waals surface area contributed by atoms with E-state index in [0.29, 0.717) is 5.69 Å². The van der Waals surface area contributed by atoms with Gasteiger partial charge in [0.25, 0.3) is 0 Å². The second kappa shape index (κ2) is 4.75. The van der Waals surface area contributed by atoms with Gasteiger partial charge in [-0.3, -0.25) is 9.56 Å². The summed E-state index contributed by atoms with van der Waals surface area (Å²) in [5.74, 6) is 0.300. The van der Waals surface area contributed by atoms with Gasteiger partial charge in [0.05, 0.1) is 5.69 Å². The van der Waals surface area contributed by atoms with Crippen LogP contribution in [-0.2, 0) is 7.05 Å². The van der Waals surface area contributed by atoms with Gasteiger partial charge in [0, 0.05) is 33.3 Å². The molecule has 5 nitrogen and oxygen atoms in total. The van der Waals surface area contributed by atoms with Gasteiger partial charge in [-0.2, -0.15) is 0 Å². The van der Waals surface area contributed by atoms with E-state index in [4.69, 9.17) is 5.73 Å². The molecule has 1 aromatic heterocycles. The van der Waals surface area contributed by atoms with Gasteiger partial charge in [-0.25, -0.2) is 4.98 Å². The lowest BCUT2D eigenvalue weighted by atomic mass is 10.1. The molecule has 3 rings (SSSR count). The first-order chi connectivity index (χ1) is 9.47. The Morgan fingerprint density at radius 2 is 2.00 bits per heavy atom. The van der Waals surface area contributed by atoms with Crippen LogP contribution in [0.5, 0.6) is 5.88 Å². The molecule has 0 unspecified atom stereocenters. The van der Waals surface area contributed by atoms with Crippen LogP contribution in [0, 0.1) is 0 Å². The van der Waals surface area contributed by atoms with Crippen molar-refractivity contribution in [2.75, 3.05) is 5.73 Å². The molecule has 20 heavy (non-hydrogen) atoms. The zero-order chi connectivity index (χ0) is 14.4. The molecule has 0 bridgehead atoms. The number of aromatic nitrogens is 2. The second-order valence-electron chi connectivity index (χ2n) is 4.38. The summed E-state index contributed by atoms with van der Waals surface area (Å²) in [6.07, 6.45) is 3.51. The largest absolute Gasteiger partial charge is 0.493 e. The molecule has 102 valence electrons. The van der Waals surface area contributed by atoms with Gasteiger partial charge in [0.1, 0.15) is 5.69 Å². The van der Waals surface area contributed by atoms with Crippen LogP contribution in [0.4, 0.5) is 11.6 Å². The van der Waals surface area contributed by atoms with E-state index in [1.807, 2.05) is 12.1 Å². The van der Waals surface area contributed by atoms with E-state index < -0.39 is 0 Å². The van der Waals surface area contributed by atoms with Gasteiger partial charge in [0.15, 0.2) is 0 Å². The minimum absolute atomic E-state index is 0.0352. The molecule has 2 aromatic rings. The zero-order valence-electron chi connectivity index (χ0n) is 10.4. The third-order valence-electron chi connectivity index (χ3n) is 3.11. The Morgan fingerprint density at radius 1 is 1.30 bits per heavy atom. The number of nitrogens with two attached hydrogens (primary N) is 1. The SMILES string of the molecule is Cn1c(N)nc(/C=C2\C=Nc3cc(Br)c(Br)cc32)c1O. The Balaban J connectivity index is 2.11. The van der Waals surface area contributed by atoms with Crippen molar-refractivity contribution in [2.45, 2.75) is 0 Å². The number of nitrogens with zero attached hydrogens (tertiary/aromatic N) is 3. The molecule has 0 aliphatic carbocycles. The number of aliphatic imine (C=N–C) groups is 1. The summed E-state index contributed by atoms with van der Waals surface area (Å²) >= 11 is 6.92. The first-order valence-corrected chi connectivity index (χ1v) is 7.32. The lowest BCUT2D eigenvalue weighted by molar-refractivity contribution is 0.432. The lowest BCUT2D eigenvalue weighted by Gasteiger charge is -2.02. The molecule has 0 radical (unpaired) electrons. The van der Waals surface area contributed by atoms with Crippen LogP contribution in [-0.4, -0.2) is 20.9 Å². The summed E-state index contributed by atoms with van der Waals surface area (Å²) in [5.41, 5.74) is 8.82. The number of hydrogen-bond acceptors (Lipinski definition) is 4. The number of allylic oxidation sites excluding steroid dienone is 1. The van der Waals surface area contributed by atoms with Crippen LogP contribution in [0.2, 0.25) is 0 Å². The molecule has 1 aliphatic heterocycles. The van der Waals surface area contributed by atoms with E-state index in [2.05, 4.69) is 41.8 Å². The lowest BCUT2D eigenvalue weighted by Crippen LogP contribution is -1.95. The molecule has 0 amide bonds. The predicted octanol–water partition coefficient (Wildman–Crippen LogP) is 3.49. The van der Waals surface area contributed by atoms with Crippen LogP contribution in [0.25, 0.3) is 11.6 Å². The maximum absolute atomic E-state index is 9.94. The summed E-state index contributed by atoms with van der Waals surface area (Å²) in [7, 11) is 1.66. The van der Waals surface area contributed by atoms with Crippen LogP contribution in [0.3, 0.4) is 0 Å². The van der Waals surface area contributed by atoms with E-state index in [1.54, 1.807) is 19.3 Å². The molecule has 0 fully saturated rings. The fraction of sp³-hybridized carbons (Fsp3) is 0.0769. The highest BCUT2D eigenvalue weighted by Gasteiger charge is 2.17. The van der Waals surface area contributed by atoms with Crippen LogP contribution < -0.4 is 5.73 Å². The molecule has 0 saturated carbocycles. The van der Waals surface area contributed by atoms with Crippen molar-refractivity contribution in [1.82, 2.24) is 9.55 Å². The van der Waals surface area contributed by atoms with Crippen molar-refractivity contribution in [1.29, 1.82) is 0 Å². The van der Waals surface area contributed by atoms with Crippen molar-refractivity contribution >= 4 is 61.4 Å². The molecule has 3 N–H and O–H groups in total. The number of rotatable bonds is 1. The molecule has 0 spiro atoms. The highest BCUT2D eigenvalue weighted by atomic mass is 79.9. The number of anilines is 1. The van der Waals surface area contributed by atoms with Crippen molar-refractivity contribution in [3.63, 3.8) is 0 Å². The number of halogens is 2. The minimum Gasteiger partial charge on any atom is -0.493 e. The monoisotopic (exact) mass is 396 g/mol. The van der Waals surface area contributed by atoms with Crippen LogP contribution in [0.15, 0.2) is 26.1 Å². The predicted molar refractivity (Wildman–Crippen MR) is 87.2 cm³/mol. The molecule has 1 aliphatic rings. The number of imidazole rings is 1. The van der Waals surface area contributed by atoms with Crippen molar-refractivity contribution in [2.24, 2.45) is 12.0 Å². The normalized spacial score (nSPS) is 15.1. The molecule has 1 aromatic carbocycles. The maximum atomic E-state index is 9.94. The van der Waals surface area contributed by atoms with E-state index >= 15 is 0 Å². The van der Waals surface area contributed by atoms with Gasteiger partial charge >= 0.3 is 0 Å². The quantitative estimate of drug-likeness (QED) is 0.773. The van der Waals surface area contributed by atoms with Crippen LogP contribution >= 0.6 is 31.9 Å². The Hall–Kier alpha value is -1.60. The standard InChI is InChI=1S/C13H10Br2N4O/c1-19-12(20)11(18-13(19)16)2-6-5-17-10-4-9(15)8(14)3-7(6)10/h2-5,20H,1H3,(H2,16,18)/b6-2+. The maximum Gasteiger partial charge on any atom is 0.220 e. The van der Waals surface area contributed by atoms with E-state index in [0.717, 1.165) is 25.8 Å². The van der Waals surface area contributed by atoms with Gasteiger partial charge in [-0.05, 0) is 50.1 Å². The number of nitrogen functional groups attached to an aromatic ring is 1. The summed E-state index contributed by atoms with van der Waals surface area (Å²) in [6.45, 7) is 0. The highest BCUT2D eigenvalue weighted by molar-refractivity contribution is 9.13. The summed E-state index contributed by atoms with van der Waals surface area (Å²) < 4.78 is 3.31. The van der Waals surface area contributed by atoms with E-state index in [1.165, 1.54) is 4.57 Å². The summed E-state index contributed by atoms with van der Waals surface area (Å²) in [6, 6.07) is 3.91. The summed E-state index contributed by atoms with van der Waals surface area (Å²) in [4.78, 5) is 8.46. The number of hydrogen-bond donors (Lipinski definition) is 2. The highest BCUT2D eigenvalue weighted by Crippen LogP contribution is 2.39. The van der Waals surface area contributed by atoms with Gasteiger partial charge < -0.3 is 10.8 Å². The zero-order valence-corrected chi connectivity index (χ0v) is 13.6. The first kappa shape index (κ1) is 13.4. The number of fused-ring (bicyclic) bond motifs is 1. The Labute approximate surface area is 132 Å².